The lowest BCUT2D eigenvalue weighted by Gasteiger charge is -2.38. The topological polar surface area (TPSA) is 43.3 Å². The van der Waals surface area contributed by atoms with Crippen molar-refractivity contribution in [1.29, 1.82) is 0 Å². The quantitative estimate of drug-likeness (QED) is 0.237. The number of fused-ring (bicyclic) bond motifs is 3. The Kier molecular flexibility index (Phi) is 8.29. The Morgan fingerprint density at radius 1 is 0.784 bits per heavy atom. The molecular weight excluding hydrogens is 460 g/mol. The number of hydrogen-bond donors (Lipinski definition) is 0. The molecule has 3 aromatic carbocycles. The summed E-state index contributed by atoms with van der Waals surface area (Å²) >= 11 is 0. The predicted octanol–water partition coefficient (Wildman–Crippen LogP) is 8.07. The van der Waals surface area contributed by atoms with Crippen LogP contribution in [0.2, 0.25) is 0 Å². The Bertz CT molecular complexity index is 1170. The first-order valence-electron chi connectivity index (χ1n) is 13.8. The van der Waals surface area contributed by atoms with Crippen molar-refractivity contribution in [3.63, 3.8) is 0 Å². The molecule has 37 heavy (non-hydrogen) atoms. The number of nitrogens with zero attached hydrogens (tertiary/aromatic N) is 2. The first-order valence-corrected chi connectivity index (χ1v) is 13.8. The van der Waals surface area contributed by atoms with Crippen molar-refractivity contribution in [3.05, 3.63) is 89.5 Å². The van der Waals surface area contributed by atoms with Crippen LogP contribution in [0.25, 0.3) is 0 Å². The van der Waals surface area contributed by atoms with Gasteiger partial charge < -0.3 is 14.2 Å². The number of rotatable bonds is 12. The van der Waals surface area contributed by atoms with Crippen molar-refractivity contribution in [1.82, 2.24) is 5.01 Å². The van der Waals surface area contributed by atoms with Gasteiger partial charge in [0.15, 0.2) is 0 Å². The summed E-state index contributed by atoms with van der Waals surface area (Å²) in [6, 6.07) is 25.1. The maximum atomic E-state index is 6.51. The third-order valence-electron chi connectivity index (χ3n) is 7.09. The molecule has 0 bridgehead atoms. The van der Waals surface area contributed by atoms with Gasteiger partial charge in [0.05, 0.1) is 25.0 Å². The van der Waals surface area contributed by atoms with E-state index in [-0.39, 0.29) is 12.3 Å². The summed E-state index contributed by atoms with van der Waals surface area (Å²) < 4.78 is 18.3. The Balaban J connectivity index is 1.33. The first kappa shape index (κ1) is 25.2. The fraction of sp³-hybridized carbons (Fsp3) is 0.406. The van der Waals surface area contributed by atoms with Gasteiger partial charge >= 0.3 is 0 Å². The van der Waals surface area contributed by atoms with Crippen LogP contribution in [-0.4, -0.2) is 23.9 Å². The predicted molar refractivity (Wildman–Crippen MR) is 148 cm³/mol. The molecule has 0 fully saturated rings. The van der Waals surface area contributed by atoms with E-state index in [9.17, 15) is 0 Å². The molecule has 2 aliphatic rings. The molecule has 0 radical (unpaired) electrons. The highest BCUT2D eigenvalue weighted by molar-refractivity contribution is 6.02. The standard InChI is InChI=1S/C32H38N2O3/c1-3-5-7-10-22-36-27-19-15-25(16-20-27)32-34-30(28-11-8-9-12-31(28)37-32)23-29(33-34)24-13-17-26(18-14-24)35-21-6-4-2/h8-9,11-20,30,32H,3-7,10,21-23H2,1-2H3. The Labute approximate surface area is 221 Å². The number of benzene rings is 3. The Morgan fingerprint density at radius 3 is 2.19 bits per heavy atom. The lowest BCUT2D eigenvalue weighted by molar-refractivity contribution is -0.0190. The van der Waals surface area contributed by atoms with Gasteiger partial charge in [-0.2, -0.15) is 5.10 Å². The Hall–Kier alpha value is -3.47. The third kappa shape index (κ3) is 5.93. The summed E-state index contributed by atoms with van der Waals surface area (Å²) in [6.07, 6.45) is 7.56. The molecule has 5 nitrogen and oxygen atoms in total. The zero-order valence-corrected chi connectivity index (χ0v) is 22.1. The monoisotopic (exact) mass is 498 g/mol. The van der Waals surface area contributed by atoms with E-state index < -0.39 is 0 Å². The number of hydrazone groups is 1. The van der Waals surface area contributed by atoms with Gasteiger partial charge in [0, 0.05) is 17.5 Å². The lowest BCUT2D eigenvalue weighted by Crippen LogP contribution is -2.33. The first-order chi connectivity index (χ1) is 18.3. The van der Waals surface area contributed by atoms with Crippen LogP contribution in [0.5, 0.6) is 17.2 Å². The summed E-state index contributed by atoms with van der Waals surface area (Å²) in [5.41, 5.74) is 4.45. The minimum Gasteiger partial charge on any atom is -0.494 e. The molecule has 0 aromatic heterocycles. The zero-order valence-electron chi connectivity index (χ0n) is 22.1. The molecule has 0 saturated carbocycles. The van der Waals surface area contributed by atoms with Crippen LogP contribution in [0.1, 0.15) is 87.8 Å². The van der Waals surface area contributed by atoms with Crippen molar-refractivity contribution in [3.8, 4) is 17.2 Å². The van der Waals surface area contributed by atoms with Gasteiger partial charge in [0.1, 0.15) is 17.2 Å². The van der Waals surface area contributed by atoms with E-state index in [0.29, 0.717) is 0 Å². The van der Waals surface area contributed by atoms with Gasteiger partial charge in [0.25, 0.3) is 0 Å². The molecule has 0 saturated heterocycles. The van der Waals surface area contributed by atoms with E-state index in [1.165, 1.54) is 24.8 Å². The average Bonchev–Trinajstić information content (AvgIpc) is 3.39. The summed E-state index contributed by atoms with van der Waals surface area (Å²) in [5.74, 6) is 2.74. The number of hydrogen-bond acceptors (Lipinski definition) is 5. The smallest absolute Gasteiger partial charge is 0.213 e. The fourth-order valence-corrected chi connectivity index (χ4v) is 4.95. The van der Waals surface area contributed by atoms with Crippen molar-refractivity contribution in [2.45, 2.75) is 71.1 Å². The van der Waals surface area contributed by atoms with Crippen molar-refractivity contribution < 1.29 is 14.2 Å². The van der Waals surface area contributed by atoms with Gasteiger partial charge in [-0.25, -0.2) is 5.01 Å². The molecule has 5 heteroatoms. The van der Waals surface area contributed by atoms with Crippen LogP contribution >= 0.6 is 0 Å². The fourth-order valence-electron chi connectivity index (χ4n) is 4.95. The third-order valence-corrected chi connectivity index (χ3v) is 7.09. The maximum Gasteiger partial charge on any atom is 0.213 e. The number of para-hydroxylation sites is 1. The molecule has 3 aromatic rings. The molecular formula is C32H38N2O3. The average molecular weight is 499 g/mol. The minimum absolute atomic E-state index is 0.139. The van der Waals surface area contributed by atoms with E-state index in [1.54, 1.807) is 0 Å². The largest absolute Gasteiger partial charge is 0.494 e. The highest BCUT2D eigenvalue weighted by atomic mass is 16.5. The molecule has 2 heterocycles. The number of unbranched alkanes of at least 4 members (excludes halogenated alkanes) is 4. The molecule has 0 aliphatic carbocycles. The van der Waals surface area contributed by atoms with E-state index in [2.05, 4.69) is 61.3 Å². The van der Waals surface area contributed by atoms with Crippen LogP contribution < -0.4 is 14.2 Å². The molecule has 194 valence electrons. The molecule has 0 N–H and O–H groups in total. The minimum atomic E-state index is -0.285. The lowest BCUT2D eigenvalue weighted by atomic mass is 9.96. The normalized spacial score (nSPS) is 18.0. The van der Waals surface area contributed by atoms with Gasteiger partial charge in [0.2, 0.25) is 6.23 Å². The van der Waals surface area contributed by atoms with Crippen LogP contribution in [0.4, 0.5) is 0 Å². The van der Waals surface area contributed by atoms with Gasteiger partial charge in [-0.15, -0.1) is 0 Å². The summed E-state index contributed by atoms with van der Waals surface area (Å²) in [5, 5.41) is 7.22. The SMILES string of the molecule is CCCCCCOc1ccc(C2Oc3ccccc3C3CC(c4ccc(OCCCC)cc4)=NN32)cc1. The van der Waals surface area contributed by atoms with Crippen molar-refractivity contribution >= 4 is 5.71 Å². The molecule has 0 amide bonds. The van der Waals surface area contributed by atoms with E-state index >= 15 is 0 Å². The van der Waals surface area contributed by atoms with Crippen LogP contribution in [0.3, 0.4) is 0 Å². The summed E-state index contributed by atoms with van der Waals surface area (Å²) in [6.45, 7) is 5.91. The second-order valence-electron chi connectivity index (χ2n) is 9.86. The van der Waals surface area contributed by atoms with Gasteiger partial charge in [-0.05, 0) is 73.0 Å². The van der Waals surface area contributed by atoms with Crippen molar-refractivity contribution in [2.75, 3.05) is 13.2 Å². The van der Waals surface area contributed by atoms with Crippen LogP contribution in [0.15, 0.2) is 77.9 Å². The molecule has 2 unspecified atom stereocenters. The van der Waals surface area contributed by atoms with Crippen LogP contribution in [0, 0.1) is 0 Å². The van der Waals surface area contributed by atoms with Gasteiger partial charge in [-0.1, -0.05) is 57.7 Å². The second-order valence-corrected chi connectivity index (χ2v) is 9.86. The van der Waals surface area contributed by atoms with E-state index in [0.717, 1.165) is 73.0 Å². The molecule has 2 aliphatic heterocycles. The second kappa shape index (κ2) is 12.2. The number of ether oxygens (including phenoxy) is 3. The zero-order chi connectivity index (χ0) is 25.5. The molecule has 0 spiro atoms. The molecule has 5 rings (SSSR count). The highest BCUT2D eigenvalue weighted by Crippen LogP contribution is 2.47. The van der Waals surface area contributed by atoms with Crippen LogP contribution in [-0.2, 0) is 0 Å². The van der Waals surface area contributed by atoms with Crippen molar-refractivity contribution in [2.24, 2.45) is 5.10 Å². The van der Waals surface area contributed by atoms with E-state index in [4.69, 9.17) is 19.3 Å². The molecule has 2 atom stereocenters. The summed E-state index contributed by atoms with van der Waals surface area (Å²) in [7, 11) is 0. The maximum absolute atomic E-state index is 6.51. The van der Waals surface area contributed by atoms with E-state index in [1.807, 2.05) is 30.3 Å². The van der Waals surface area contributed by atoms with Gasteiger partial charge in [-0.3, -0.25) is 0 Å². The highest BCUT2D eigenvalue weighted by Gasteiger charge is 2.40. The summed E-state index contributed by atoms with van der Waals surface area (Å²) in [4.78, 5) is 0. The Morgan fingerprint density at radius 2 is 1.46 bits per heavy atom.